The van der Waals surface area contributed by atoms with Crippen molar-refractivity contribution in [2.75, 3.05) is 52.7 Å². The maximum atomic E-state index is 9.98. The van der Waals surface area contributed by atoms with E-state index in [4.69, 9.17) is 30.6 Å². The van der Waals surface area contributed by atoms with Crippen LogP contribution in [0.1, 0.15) is 0 Å². The molecule has 0 fully saturated rings. The fourth-order valence-corrected chi connectivity index (χ4v) is 1.15. The van der Waals surface area contributed by atoms with Crippen molar-refractivity contribution in [2.45, 2.75) is 11.1 Å². The van der Waals surface area contributed by atoms with E-state index in [9.17, 15) is 19.8 Å². The van der Waals surface area contributed by atoms with Crippen LogP contribution in [0.2, 0.25) is 0 Å². The van der Waals surface area contributed by atoms with Gasteiger partial charge in [-0.05, 0) is 0 Å². The third kappa shape index (κ3) is 12.2. The minimum Gasteiger partial charge on any atom is -0.549 e. The first-order chi connectivity index (χ1) is 11.2. The van der Waals surface area contributed by atoms with Crippen LogP contribution in [0.5, 0.6) is 0 Å². The molecular formula is C12H24FeN2O10+2. The SMILES string of the molecule is O=C([O-])CNC(CO)(CO)CO.O=C([O-])CNC(CO)(CO)CO.[Fe+4]. The number of aliphatic hydroxyl groups is 6. The van der Waals surface area contributed by atoms with E-state index in [1.165, 1.54) is 0 Å². The maximum Gasteiger partial charge on any atom is 4.00 e. The molecule has 0 amide bonds. The number of aliphatic hydroxyl groups excluding tert-OH is 6. The molecule has 0 rings (SSSR count). The van der Waals surface area contributed by atoms with Crippen LogP contribution in [0.3, 0.4) is 0 Å². The molecule has 0 aliphatic rings. The van der Waals surface area contributed by atoms with E-state index < -0.39 is 75.7 Å². The second-order valence-corrected chi connectivity index (χ2v) is 4.96. The first kappa shape index (κ1) is 28.9. The maximum absolute atomic E-state index is 9.98. The van der Waals surface area contributed by atoms with E-state index in [1.54, 1.807) is 0 Å². The molecule has 0 aliphatic heterocycles. The van der Waals surface area contributed by atoms with Gasteiger partial charge in [0, 0.05) is 13.1 Å². The molecule has 8 N–H and O–H groups in total. The number of hydrogen-bond donors (Lipinski definition) is 8. The number of nitrogens with one attached hydrogen (secondary N) is 2. The smallest absolute Gasteiger partial charge is 0.549 e. The van der Waals surface area contributed by atoms with Gasteiger partial charge in [0.25, 0.3) is 0 Å². The molecule has 0 radical (unpaired) electrons. The Hall–Kier alpha value is -0.861. The number of hydrogen-bond acceptors (Lipinski definition) is 12. The number of carbonyl (C=O) groups is 2. The van der Waals surface area contributed by atoms with Gasteiger partial charge in [-0.1, -0.05) is 0 Å². The molecule has 0 saturated heterocycles. The normalized spacial score (nSPS) is 11.1. The van der Waals surface area contributed by atoms with Gasteiger partial charge in [0.05, 0.1) is 62.7 Å². The van der Waals surface area contributed by atoms with Crippen LogP contribution in [-0.2, 0) is 26.7 Å². The van der Waals surface area contributed by atoms with Crippen molar-refractivity contribution >= 4 is 11.9 Å². The van der Waals surface area contributed by atoms with E-state index in [0.717, 1.165) is 0 Å². The molecule has 0 aromatic carbocycles. The number of rotatable bonds is 12. The summed E-state index contributed by atoms with van der Waals surface area (Å²) in [5.74, 6) is -2.73. The Morgan fingerprint density at radius 2 is 0.840 bits per heavy atom. The van der Waals surface area contributed by atoms with Gasteiger partial charge >= 0.3 is 17.1 Å². The second kappa shape index (κ2) is 15.4. The Labute approximate surface area is 154 Å². The van der Waals surface area contributed by atoms with E-state index in [0.29, 0.717) is 0 Å². The third-order valence-electron chi connectivity index (χ3n) is 3.03. The zero-order valence-corrected chi connectivity index (χ0v) is 14.4. The van der Waals surface area contributed by atoms with Gasteiger partial charge in [0.2, 0.25) is 0 Å². The predicted molar refractivity (Wildman–Crippen MR) is 74.0 cm³/mol. The molecule has 148 valence electrons. The van der Waals surface area contributed by atoms with Gasteiger partial charge in [0.1, 0.15) is 0 Å². The summed E-state index contributed by atoms with van der Waals surface area (Å²) >= 11 is 0. The van der Waals surface area contributed by atoms with Crippen molar-refractivity contribution in [1.29, 1.82) is 0 Å². The Morgan fingerprint density at radius 1 is 0.640 bits per heavy atom. The molecule has 0 heterocycles. The average molecular weight is 412 g/mol. The van der Waals surface area contributed by atoms with E-state index >= 15 is 0 Å². The zero-order chi connectivity index (χ0) is 19.2. The van der Waals surface area contributed by atoms with Crippen molar-refractivity contribution in [3.05, 3.63) is 0 Å². The molecule has 13 heteroatoms. The third-order valence-corrected chi connectivity index (χ3v) is 3.03. The first-order valence-electron chi connectivity index (χ1n) is 6.75. The van der Waals surface area contributed by atoms with Crippen LogP contribution in [-0.4, -0.2) is 106 Å². The van der Waals surface area contributed by atoms with Gasteiger partial charge in [-0.15, -0.1) is 0 Å². The number of carboxylic acids is 2. The molecule has 0 aromatic rings. The van der Waals surface area contributed by atoms with Crippen LogP contribution < -0.4 is 20.8 Å². The van der Waals surface area contributed by atoms with Crippen molar-refractivity contribution in [1.82, 2.24) is 10.6 Å². The Kier molecular flexibility index (Phi) is 17.8. The Morgan fingerprint density at radius 3 is 0.960 bits per heavy atom. The quantitative estimate of drug-likeness (QED) is 0.140. The molecule has 12 nitrogen and oxygen atoms in total. The molecule has 0 bridgehead atoms. The van der Waals surface area contributed by atoms with Crippen molar-refractivity contribution in [3.63, 3.8) is 0 Å². The fourth-order valence-electron chi connectivity index (χ4n) is 1.15. The zero-order valence-electron chi connectivity index (χ0n) is 13.3. The van der Waals surface area contributed by atoms with Gasteiger partial charge in [-0.3, -0.25) is 0 Å². The molecule has 0 spiro atoms. The fraction of sp³-hybridized carbons (Fsp3) is 0.833. The summed E-state index contributed by atoms with van der Waals surface area (Å²) in [6.45, 7) is -4.34. The summed E-state index contributed by atoms with van der Waals surface area (Å²) in [6, 6.07) is 0. The van der Waals surface area contributed by atoms with Crippen LogP contribution >= 0.6 is 0 Å². The minimum absolute atomic E-state index is 0. The molecule has 0 unspecified atom stereocenters. The number of aliphatic carboxylic acids is 2. The largest absolute Gasteiger partial charge is 4.00 e. The summed E-state index contributed by atoms with van der Waals surface area (Å²) < 4.78 is 0. The van der Waals surface area contributed by atoms with E-state index in [-0.39, 0.29) is 17.1 Å². The van der Waals surface area contributed by atoms with E-state index in [1.807, 2.05) is 0 Å². The number of carbonyl (C=O) groups excluding carboxylic acids is 2. The summed E-state index contributed by atoms with van der Waals surface area (Å²) in [4.78, 5) is 20.0. The summed E-state index contributed by atoms with van der Waals surface area (Å²) in [6.07, 6.45) is 0. The summed E-state index contributed by atoms with van der Waals surface area (Å²) in [5, 5.41) is 76.7. The van der Waals surface area contributed by atoms with Gasteiger partial charge in [-0.2, -0.15) is 0 Å². The number of carboxylic acid groups (broad SMARTS) is 2. The van der Waals surface area contributed by atoms with Gasteiger partial charge in [0.15, 0.2) is 0 Å². The molecule has 0 aliphatic carbocycles. The molecule has 0 atom stereocenters. The molecule has 0 aromatic heterocycles. The second-order valence-electron chi connectivity index (χ2n) is 4.96. The van der Waals surface area contributed by atoms with Crippen LogP contribution in [0, 0.1) is 0 Å². The van der Waals surface area contributed by atoms with Crippen LogP contribution in [0.4, 0.5) is 0 Å². The van der Waals surface area contributed by atoms with Gasteiger partial charge in [-0.25, -0.2) is 0 Å². The first-order valence-corrected chi connectivity index (χ1v) is 6.75. The van der Waals surface area contributed by atoms with Crippen molar-refractivity contribution in [2.24, 2.45) is 0 Å². The van der Waals surface area contributed by atoms with Crippen LogP contribution in [0.25, 0.3) is 0 Å². The molecule has 0 saturated carbocycles. The summed E-state index contributed by atoms with van der Waals surface area (Å²) in [5.41, 5.74) is -2.69. The molecule has 25 heavy (non-hydrogen) atoms. The Balaban J connectivity index is -0.000000372. The average Bonchev–Trinajstić information content (AvgIpc) is 2.59. The molecular weight excluding hydrogens is 388 g/mol. The monoisotopic (exact) mass is 412 g/mol. The van der Waals surface area contributed by atoms with Gasteiger partial charge < -0.3 is 61.1 Å². The minimum atomic E-state index is -1.37. The van der Waals surface area contributed by atoms with Crippen molar-refractivity contribution in [3.8, 4) is 0 Å². The Bertz CT molecular complexity index is 313. The van der Waals surface area contributed by atoms with Crippen molar-refractivity contribution < 1.29 is 67.5 Å². The standard InChI is InChI=1S/2C6H13NO5.Fe/c2*8-2-6(3-9,4-10)7-1-5(11)12;/h2*7-10H,1-4H2,(H,11,12);/q;;+4/p-2. The predicted octanol–water partition coefficient (Wildman–Crippen LogP) is -7.92. The summed E-state index contributed by atoms with van der Waals surface area (Å²) in [7, 11) is 0. The topological polar surface area (TPSA) is 226 Å². The van der Waals surface area contributed by atoms with E-state index in [2.05, 4.69) is 10.6 Å². The van der Waals surface area contributed by atoms with Crippen LogP contribution in [0.15, 0.2) is 0 Å².